The molecule has 22 valence electrons. The summed E-state index contributed by atoms with van der Waals surface area (Å²) in [4.78, 5) is 0. The van der Waals surface area contributed by atoms with Gasteiger partial charge < -0.3 is 24.8 Å². The molecule has 0 spiro atoms. The van der Waals surface area contributed by atoms with Gasteiger partial charge in [-0.05, 0) is 0 Å². The zero-order valence-corrected chi connectivity index (χ0v) is 9.26. The molecule has 0 aromatic heterocycles. The quantitative estimate of drug-likeness (QED) is 0.388. The van der Waals surface area contributed by atoms with Gasteiger partial charge >= 0.3 is 23.9 Å². The first-order valence-electron chi connectivity index (χ1n) is 0. The van der Waals surface area contributed by atoms with Crippen molar-refractivity contribution in [2.75, 3.05) is 0 Å². The van der Waals surface area contributed by atoms with Crippen molar-refractivity contribution in [2.45, 2.75) is 0 Å². The van der Waals surface area contributed by atoms with E-state index in [1.165, 1.54) is 0 Å². The SMILES string of the molecule is [Ce].[Cl-].[Cl-].[Sn+2]. The summed E-state index contributed by atoms with van der Waals surface area (Å²) in [6.07, 6.45) is 0. The number of hydrogen-bond donors (Lipinski definition) is 0. The van der Waals surface area contributed by atoms with Gasteiger partial charge in [-0.3, -0.25) is 0 Å². The molecule has 0 amide bonds. The van der Waals surface area contributed by atoms with Crippen molar-refractivity contribution in [3.8, 4) is 0 Å². The molecule has 0 fully saturated rings. The second kappa shape index (κ2) is 17.1. The Morgan fingerprint density at radius 2 is 0.750 bits per heavy atom. The van der Waals surface area contributed by atoms with Crippen LogP contribution in [0, 0.1) is 41.7 Å². The molecule has 0 aromatic rings. The Hall–Kier alpha value is 2.76. The molecule has 0 nitrogen and oxygen atoms in total. The van der Waals surface area contributed by atoms with Gasteiger partial charge in [0.2, 0.25) is 0 Å². The Morgan fingerprint density at radius 3 is 0.750 bits per heavy atom. The topological polar surface area (TPSA) is 0 Å². The predicted molar refractivity (Wildman–Crippen MR) is 5.75 cm³/mol. The minimum absolute atomic E-state index is 0. The molecule has 0 heterocycles. The van der Waals surface area contributed by atoms with Gasteiger partial charge in [0.1, 0.15) is 0 Å². The summed E-state index contributed by atoms with van der Waals surface area (Å²) >= 11 is 0. The maximum atomic E-state index is 0. The third kappa shape index (κ3) is 8.83. The van der Waals surface area contributed by atoms with E-state index in [0.29, 0.717) is 0 Å². The molecule has 0 rings (SSSR count). The van der Waals surface area contributed by atoms with Crippen molar-refractivity contribution in [3.05, 3.63) is 0 Å². The molecular weight excluding hydrogens is 330 g/mol. The van der Waals surface area contributed by atoms with Crippen LogP contribution in [0.2, 0.25) is 0 Å². The molecule has 0 aliphatic carbocycles. The zero-order valence-electron chi connectivity index (χ0n) is 1.76. The summed E-state index contributed by atoms with van der Waals surface area (Å²) in [7, 11) is 0. The van der Waals surface area contributed by atoms with Gasteiger partial charge in [-0.2, -0.15) is 0 Å². The van der Waals surface area contributed by atoms with Crippen LogP contribution in [0.5, 0.6) is 0 Å². The fraction of sp³-hybridized carbons (Fsp3) is 0. The van der Waals surface area contributed by atoms with E-state index in [2.05, 4.69) is 0 Å². The Labute approximate surface area is 88.6 Å². The molecule has 4 heavy (non-hydrogen) atoms. The molecule has 0 aliphatic heterocycles. The first-order valence-corrected chi connectivity index (χ1v) is 0. The third-order valence-electron chi connectivity index (χ3n) is 0. The molecule has 2 radical (unpaired) electrons. The van der Waals surface area contributed by atoms with Crippen LogP contribution in [0.3, 0.4) is 0 Å². The molecule has 0 saturated heterocycles. The standard InChI is InChI=1S/Ce.2ClH.Sn/h;2*1H;/q;;;+2/p-2. The Bertz CT molecular complexity index is 6.00. The largest absolute Gasteiger partial charge is 2.00 e. The third-order valence-corrected chi connectivity index (χ3v) is 0. The van der Waals surface area contributed by atoms with E-state index in [9.17, 15) is 0 Å². The molecule has 0 N–H and O–H groups in total. The molecule has 0 aliphatic rings. The van der Waals surface area contributed by atoms with Crippen LogP contribution < -0.4 is 24.8 Å². The normalized spacial score (nSPS) is 0. The summed E-state index contributed by atoms with van der Waals surface area (Å²) in [5.41, 5.74) is 0. The average molecular weight is 330 g/mol. The van der Waals surface area contributed by atoms with Gasteiger partial charge in [-0.25, -0.2) is 0 Å². The van der Waals surface area contributed by atoms with E-state index in [0.717, 1.165) is 0 Å². The molecule has 0 unspecified atom stereocenters. The van der Waals surface area contributed by atoms with Gasteiger partial charge in [0.05, 0.1) is 0 Å². The van der Waals surface area contributed by atoms with Crippen LogP contribution in [0.4, 0.5) is 0 Å². The summed E-state index contributed by atoms with van der Waals surface area (Å²) < 4.78 is 0. The predicted octanol–water partition coefficient (Wildman–Crippen LogP) is -6.37. The fourth-order valence-electron chi connectivity index (χ4n) is 0. The monoisotopic (exact) mass is 330 g/mol. The van der Waals surface area contributed by atoms with Crippen molar-refractivity contribution in [1.29, 1.82) is 0 Å². The maximum Gasteiger partial charge on any atom is 2.00 e. The van der Waals surface area contributed by atoms with Crippen LogP contribution in [-0.2, 0) is 0 Å². The van der Waals surface area contributed by atoms with Crippen molar-refractivity contribution in [2.24, 2.45) is 0 Å². The first kappa shape index (κ1) is 29.5. The van der Waals surface area contributed by atoms with E-state index in [1.807, 2.05) is 0 Å². The van der Waals surface area contributed by atoms with Crippen LogP contribution >= 0.6 is 0 Å². The first-order chi connectivity index (χ1) is 0. The Kier molecular flexibility index (Phi) is 126. The zero-order chi connectivity index (χ0) is 0. The summed E-state index contributed by atoms with van der Waals surface area (Å²) in [6.45, 7) is 0. The van der Waals surface area contributed by atoms with Gasteiger partial charge in [0, 0.05) is 41.7 Å². The van der Waals surface area contributed by atoms with Crippen molar-refractivity contribution >= 4 is 23.9 Å². The van der Waals surface area contributed by atoms with Gasteiger partial charge in [0.15, 0.2) is 0 Å². The fourth-order valence-corrected chi connectivity index (χ4v) is 0. The van der Waals surface area contributed by atoms with Crippen molar-refractivity contribution < 1.29 is 66.6 Å². The summed E-state index contributed by atoms with van der Waals surface area (Å²) in [5.74, 6) is 0. The second-order valence-electron chi connectivity index (χ2n) is 0. The number of hydrogen-bond acceptors (Lipinski definition) is 0. The Morgan fingerprint density at radius 1 is 0.750 bits per heavy atom. The van der Waals surface area contributed by atoms with Gasteiger partial charge in [-0.15, -0.1) is 0 Å². The Balaban J connectivity index is 0. The molecule has 0 bridgehead atoms. The van der Waals surface area contributed by atoms with Crippen LogP contribution in [0.15, 0.2) is 0 Å². The molecule has 0 atom stereocenters. The summed E-state index contributed by atoms with van der Waals surface area (Å²) in [6, 6.07) is 0. The van der Waals surface area contributed by atoms with Gasteiger partial charge in [-0.1, -0.05) is 0 Å². The molecule has 0 saturated carbocycles. The van der Waals surface area contributed by atoms with Crippen LogP contribution in [-0.4, -0.2) is 23.9 Å². The van der Waals surface area contributed by atoms with Crippen LogP contribution in [0.25, 0.3) is 0 Å². The molecular formula is CeCl2Sn. The second-order valence-corrected chi connectivity index (χ2v) is 0. The van der Waals surface area contributed by atoms with Crippen molar-refractivity contribution in [1.82, 2.24) is 0 Å². The smallest absolute Gasteiger partial charge is 1.00 e. The number of halogens is 2. The van der Waals surface area contributed by atoms with Crippen molar-refractivity contribution in [3.63, 3.8) is 0 Å². The van der Waals surface area contributed by atoms with Crippen LogP contribution in [0.1, 0.15) is 0 Å². The molecule has 0 aromatic carbocycles. The maximum absolute atomic E-state index is 0. The minimum atomic E-state index is 0. The van der Waals surface area contributed by atoms with E-state index < -0.39 is 0 Å². The number of rotatable bonds is 0. The van der Waals surface area contributed by atoms with E-state index in [4.69, 9.17) is 0 Å². The van der Waals surface area contributed by atoms with Gasteiger partial charge in [0.25, 0.3) is 0 Å². The van der Waals surface area contributed by atoms with E-state index in [1.54, 1.807) is 0 Å². The summed E-state index contributed by atoms with van der Waals surface area (Å²) in [5, 5.41) is 0. The average Bonchev–Trinajstić information content (AvgIpc) is 0. The minimum Gasteiger partial charge on any atom is -1.00 e. The van der Waals surface area contributed by atoms with E-state index >= 15 is 0 Å². The van der Waals surface area contributed by atoms with E-state index in [-0.39, 0.29) is 90.5 Å². The molecule has 4 heteroatoms.